The predicted molar refractivity (Wildman–Crippen MR) is 112 cm³/mol. The molecule has 5 fully saturated rings. The Kier molecular flexibility index (Phi) is 4.39. The molecular weight excluding hydrogens is 394 g/mol. The highest BCUT2D eigenvalue weighted by Crippen LogP contribution is 2.61. The van der Waals surface area contributed by atoms with Crippen LogP contribution < -0.4 is 0 Å². The molecule has 7 rings (SSSR count). The highest BCUT2D eigenvalue weighted by atomic mass is 17.3. The van der Waals surface area contributed by atoms with E-state index in [4.69, 9.17) is 19.2 Å². The highest BCUT2D eigenvalue weighted by molar-refractivity contribution is 5.58. The Labute approximate surface area is 182 Å². The number of ether oxygens (including phenoxy) is 2. The quantitative estimate of drug-likeness (QED) is 0.654. The van der Waals surface area contributed by atoms with Crippen LogP contribution in [0.2, 0.25) is 0 Å². The summed E-state index contributed by atoms with van der Waals surface area (Å²) in [6.45, 7) is 8.63. The van der Waals surface area contributed by atoms with Crippen molar-refractivity contribution in [2.75, 3.05) is 0 Å². The number of hydrogen-bond acceptors (Lipinski definition) is 6. The third-order valence-corrected chi connectivity index (χ3v) is 8.29. The third kappa shape index (κ3) is 2.80. The van der Waals surface area contributed by atoms with Crippen LogP contribution in [0, 0.1) is 30.6 Å². The molecule has 1 aromatic heterocycles. The summed E-state index contributed by atoms with van der Waals surface area (Å²) in [5.74, 6) is 0.566. The monoisotopic (exact) mass is 425 g/mol. The van der Waals surface area contributed by atoms with Crippen LogP contribution in [0.3, 0.4) is 0 Å². The zero-order chi connectivity index (χ0) is 21.4. The Hall–Kier alpha value is -1.80. The van der Waals surface area contributed by atoms with Crippen molar-refractivity contribution in [3.8, 4) is 11.3 Å². The van der Waals surface area contributed by atoms with Gasteiger partial charge in [-0.3, -0.25) is 0 Å². The van der Waals surface area contributed by atoms with Crippen molar-refractivity contribution in [3.63, 3.8) is 0 Å². The molecule has 2 aromatic rings. The lowest BCUT2D eigenvalue weighted by molar-refractivity contribution is -0.574. The van der Waals surface area contributed by atoms with E-state index in [0.29, 0.717) is 11.8 Å². The van der Waals surface area contributed by atoms with Crippen LogP contribution in [0.15, 0.2) is 30.5 Å². The first-order valence-electron chi connectivity index (χ1n) is 11.6. The van der Waals surface area contributed by atoms with E-state index >= 15 is 0 Å². The van der Waals surface area contributed by atoms with Crippen molar-refractivity contribution in [3.05, 3.63) is 36.0 Å². The molecule has 1 aliphatic carbocycles. The van der Waals surface area contributed by atoms with Gasteiger partial charge in [0.2, 0.25) is 5.79 Å². The first-order valence-corrected chi connectivity index (χ1v) is 11.6. The van der Waals surface area contributed by atoms with E-state index in [-0.39, 0.29) is 18.1 Å². The van der Waals surface area contributed by atoms with Gasteiger partial charge in [-0.05, 0) is 44.9 Å². The fourth-order valence-corrected chi connectivity index (χ4v) is 6.53. The van der Waals surface area contributed by atoms with Gasteiger partial charge in [0.15, 0.2) is 18.1 Å². The van der Waals surface area contributed by atoms with Crippen molar-refractivity contribution in [1.82, 2.24) is 15.0 Å². The lowest BCUT2D eigenvalue weighted by Gasteiger charge is -2.60. The van der Waals surface area contributed by atoms with Crippen molar-refractivity contribution in [2.45, 2.75) is 77.3 Å². The zero-order valence-electron chi connectivity index (χ0n) is 18.7. The van der Waals surface area contributed by atoms with Gasteiger partial charge in [-0.2, -0.15) is 0 Å². The lowest BCUT2D eigenvalue weighted by atomic mass is 9.58. The van der Waals surface area contributed by atoms with Gasteiger partial charge in [0.05, 0.1) is 11.9 Å². The lowest BCUT2D eigenvalue weighted by Crippen LogP contribution is -2.69. The van der Waals surface area contributed by atoms with Crippen molar-refractivity contribution in [2.24, 2.45) is 23.7 Å². The normalized spacial score (nSPS) is 44.0. The molecule has 31 heavy (non-hydrogen) atoms. The average Bonchev–Trinajstić information content (AvgIpc) is 3.12. The van der Waals surface area contributed by atoms with Gasteiger partial charge in [-0.15, -0.1) is 5.10 Å². The molecule has 166 valence electrons. The minimum atomic E-state index is -0.773. The highest BCUT2D eigenvalue weighted by Gasteiger charge is 2.69. The molecule has 0 unspecified atom stereocenters. The van der Waals surface area contributed by atoms with Crippen molar-refractivity contribution >= 4 is 0 Å². The number of fused-ring (bicyclic) bond motifs is 2. The Balaban J connectivity index is 1.42. The van der Waals surface area contributed by atoms with E-state index in [1.807, 2.05) is 17.8 Å². The Morgan fingerprint density at radius 3 is 2.65 bits per heavy atom. The smallest absolute Gasteiger partial charge is 0.201 e. The van der Waals surface area contributed by atoms with Crippen LogP contribution in [-0.4, -0.2) is 32.7 Å². The first-order chi connectivity index (χ1) is 14.9. The van der Waals surface area contributed by atoms with Crippen LogP contribution in [0.5, 0.6) is 0 Å². The molecule has 1 spiro atoms. The summed E-state index contributed by atoms with van der Waals surface area (Å²) >= 11 is 0. The number of benzene rings is 1. The van der Waals surface area contributed by atoms with E-state index in [0.717, 1.165) is 30.5 Å². The van der Waals surface area contributed by atoms with Gasteiger partial charge in [0, 0.05) is 23.8 Å². The van der Waals surface area contributed by atoms with Gasteiger partial charge in [-0.25, -0.2) is 14.5 Å². The number of rotatable bonds is 2. The van der Waals surface area contributed by atoms with Crippen LogP contribution in [-0.2, 0) is 19.2 Å². The van der Waals surface area contributed by atoms with Crippen LogP contribution in [0.25, 0.3) is 11.3 Å². The van der Waals surface area contributed by atoms with Crippen LogP contribution in [0.4, 0.5) is 0 Å². The molecule has 0 radical (unpaired) electrons. The maximum absolute atomic E-state index is 6.72. The van der Waals surface area contributed by atoms with Gasteiger partial charge in [0.25, 0.3) is 0 Å². The Bertz CT molecular complexity index is 977. The van der Waals surface area contributed by atoms with E-state index in [1.165, 1.54) is 12.0 Å². The fourth-order valence-electron chi connectivity index (χ4n) is 6.53. The molecular formula is C24H31N3O4. The average molecular weight is 426 g/mol. The molecule has 4 aliphatic heterocycles. The van der Waals surface area contributed by atoms with Crippen molar-refractivity contribution in [1.29, 1.82) is 0 Å². The minimum absolute atomic E-state index is 0.173. The SMILES string of the molecule is Cc1ccc(-c2cnnn2[C@@H]2O[C@@H]3O[C@]4(C)CC[C@H]5[C@H](C)CC[C@@H]([C@H]2C)[C@@]35OO4)cc1. The van der Waals surface area contributed by atoms with Crippen LogP contribution >= 0.6 is 0 Å². The molecule has 4 saturated heterocycles. The zero-order valence-corrected chi connectivity index (χ0v) is 18.7. The molecule has 2 bridgehead atoms. The number of hydrogen-bond donors (Lipinski definition) is 0. The number of aromatic nitrogens is 3. The topological polar surface area (TPSA) is 67.6 Å². The van der Waals surface area contributed by atoms with E-state index < -0.39 is 17.7 Å². The maximum atomic E-state index is 6.72. The summed E-state index contributed by atoms with van der Waals surface area (Å²) in [5, 5.41) is 8.70. The number of nitrogens with zero attached hydrogens (tertiary/aromatic N) is 3. The van der Waals surface area contributed by atoms with Crippen molar-refractivity contribution < 1.29 is 19.2 Å². The van der Waals surface area contributed by atoms with E-state index in [9.17, 15) is 0 Å². The molecule has 1 aromatic carbocycles. The summed E-state index contributed by atoms with van der Waals surface area (Å²) in [5.41, 5.74) is 2.70. The maximum Gasteiger partial charge on any atom is 0.201 e. The summed E-state index contributed by atoms with van der Waals surface area (Å²) in [6, 6.07) is 8.44. The van der Waals surface area contributed by atoms with Gasteiger partial charge in [-0.1, -0.05) is 48.9 Å². The standard InChI is InChI=1S/C24H31N3O4/c1-14-5-8-17(9-6-14)20-13-25-26-27(20)21-16(3)19-10-7-15(2)18-11-12-23(4)29-22(28-21)24(18,19)31-30-23/h5-6,8-9,13,15-16,18-19,21-22H,7,10-12H2,1-4H3/t15-,16-,18+,19+,21-,22-,23+,24-/m1/s1. The molecule has 5 heterocycles. The second kappa shape index (κ2) is 6.85. The van der Waals surface area contributed by atoms with Gasteiger partial charge >= 0.3 is 0 Å². The van der Waals surface area contributed by atoms with Gasteiger partial charge < -0.3 is 9.47 Å². The summed E-state index contributed by atoms with van der Waals surface area (Å²) in [6.07, 6.45) is 5.15. The largest absolute Gasteiger partial charge is 0.324 e. The van der Waals surface area contributed by atoms with Gasteiger partial charge in [0.1, 0.15) is 0 Å². The molecule has 7 heteroatoms. The predicted octanol–water partition coefficient (Wildman–Crippen LogP) is 4.63. The molecule has 0 N–H and O–H groups in total. The molecule has 0 amide bonds. The fraction of sp³-hybridized carbons (Fsp3) is 0.667. The summed E-state index contributed by atoms with van der Waals surface area (Å²) in [4.78, 5) is 12.2. The van der Waals surface area contributed by atoms with E-state index in [2.05, 4.69) is 55.3 Å². The second-order valence-electron chi connectivity index (χ2n) is 10.2. The molecule has 7 nitrogen and oxygen atoms in total. The minimum Gasteiger partial charge on any atom is -0.324 e. The van der Waals surface area contributed by atoms with Crippen LogP contribution in [0.1, 0.15) is 58.2 Å². The summed E-state index contributed by atoms with van der Waals surface area (Å²) in [7, 11) is 0. The number of aryl methyl sites for hydroxylation is 1. The third-order valence-electron chi connectivity index (χ3n) is 8.29. The second-order valence-corrected chi connectivity index (χ2v) is 10.2. The Morgan fingerprint density at radius 2 is 1.84 bits per heavy atom. The summed E-state index contributed by atoms with van der Waals surface area (Å²) < 4.78 is 15.1. The first kappa shape index (κ1) is 19.9. The molecule has 8 atom stereocenters. The van der Waals surface area contributed by atoms with E-state index in [1.54, 1.807) is 0 Å². The molecule has 1 saturated carbocycles. The molecule has 5 aliphatic rings. The Morgan fingerprint density at radius 1 is 1.03 bits per heavy atom.